The van der Waals surface area contributed by atoms with Gasteiger partial charge in [-0.25, -0.2) is 0 Å². The summed E-state index contributed by atoms with van der Waals surface area (Å²) >= 11 is 0. The van der Waals surface area contributed by atoms with Crippen LogP contribution in [0.5, 0.6) is 17.2 Å². The molecule has 0 bridgehead atoms. The predicted molar refractivity (Wildman–Crippen MR) is 92.7 cm³/mol. The number of benzene rings is 2. The van der Waals surface area contributed by atoms with E-state index in [1.807, 2.05) is 42.5 Å². The number of rotatable bonds is 8. The molecule has 0 saturated carbocycles. The third kappa shape index (κ3) is 4.65. The van der Waals surface area contributed by atoms with Gasteiger partial charge in [-0.15, -0.1) is 0 Å². The molecular formula is C19H23NO4. The zero-order valence-electron chi connectivity index (χ0n) is 14.3. The second-order valence-electron chi connectivity index (χ2n) is 5.22. The van der Waals surface area contributed by atoms with E-state index in [2.05, 4.69) is 12.2 Å². The van der Waals surface area contributed by atoms with Gasteiger partial charge in [0.05, 0.1) is 14.2 Å². The fourth-order valence-electron chi connectivity index (χ4n) is 2.31. The average molecular weight is 329 g/mol. The molecule has 0 atom stereocenters. The van der Waals surface area contributed by atoms with E-state index in [4.69, 9.17) is 14.2 Å². The minimum absolute atomic E-state index is 0.0300. The highest BCUT2D eigenvalue weighted by molar-refractivity contribution is 5.77. The Balaban J connectivity index is 1.87. The Morgan fingerprint density at radius 2 is 1.79 bits per heavy atom. The van der Waals surface area contributed by atoms with Gasteiger partial charge < -0.3 is 19.5 Å². The van der Waals surface area contributed by atoms with E-state index < -0.39 is 0 Å². The van der Waals surface area contributed by atoms with Crippen LogP contribution in [0.3, 0.4) is 0 Å². The molecule has 0 aromatic heterocycles. The number of methoxy groups -OCH3 is 2. The summed E-state index contributed by atoms with van der Waals surface area (Å²) in [7, 11) is 3.16. The predicted octanol–water partition coefficient (Wildman–Crippen LogP) is 2.96. The number of amides is 1. The molecule has 1 amide bonds. The van der Waals surface area contributed by atoms with Crippen LogP contribution in [0.4, 0.5) is 0 Å². The maximum atomic E-state index is 12.0. The molecule has 0 unspecified atom stereocenters. The lowest BCUT2D eigenvalue weighted by molar-refractivity contribution is -0.123. The fourth-order valence-corrected chi connectivity index (χ4v) is 2.31. The van der Waals surface area contributed by atoms with Crippen molar-refractivity contribution in [2.45, 2.75) is 19.9 Å². The minimum atomic E-state index is -0.195. The summed E-state index contributed by atoms with van der Waals surface area (Å²) in [5.74, 6) is 1.74. The van der Waals surface area contributed by atoms with Crippen LogP contribution < -0.4 is 19.5 Å². The Hall–Kier alpha value is -2.69. The summed E-state index contributed by atoms with van der Waals surface area (Å²) in [6, 6.07) is 13.3. The molecule has 0 spiro atoms. The lowest BCUT2D eigenvalue weighted by Crippen LogP contribution is -2.28. The molecule has 2 rings (SSSR count). The normalized spacial score (nSPS) is 10.1. The number of hydrogen-bond donors (Lipinski definition) is 1. The van der Waals surface area contributed by atoms with Gasteiger partial charge in [0.25, 0.3) is 5.91 Å². The van der Waals surface area contributed by atoms with Crippen LogP contribution in [0.2, 0.25) is 0 Å². The quantitative estimate of drug-likeness (QED) is 0.809. The molecule has 128 valence electrons. The summed E-state index contributed by atoms with van der Waals surface area (Å²) in [4.78, 5) is 12.0. The van der Waals surface area contributed by atoms with Gasteiger partial charge in [0.15, 0.2) is 18.1 Å². The zero-order valence-corrected chi connectivity index (χ0v) is 14.3. The Labute approximate surface area is 142 Å². The highest BCUT2D eigenvalue weighted by atomic mass is 16.5. The first kappa shape index (κ1) is 17.7. The van der Waals surface area contributed by atoms with Crippen LogP contribution in [-0.4, -0.2) is 26.7 Å². The Kier molecular flexibility index (Phi) is 6.49. The minimum Gasteiger partial charge on any atom is -0.493 e. The summed E-state index contributed by atoms with van der Waals surface area (Å²) < 4.78 is 16.1. The summed E-state index contributed by atoms with van der Waals surface area (Å²) in [5.41, 5.74) is 2.08. The molecule has 2 aromatic carbocycles. The molecule has 0 radical (unpaired) electrons. The molecule has 0 fully saturated rings. The highest BCUT2D eigenvalue weighted by Gasteiger charge is 2.10. The smallest absolute Gasteiger partial charge is 0.258 e. The number of para-hydroxylation sites is 1. The van der Waals surface area contributed by atoms with Gasteiger partial charge in [0.2, 0.25) is 0 Å². The molecule has 0 aliphatic carbocycles. The van der Waals surface area contributed by atoms with Gasteiger partial charge in [-0.3, -0.25) is 4.79 Å². The molecule has 0 saturated heterocycles. The van der Waals surface area contributed by atoms with Crippen molar-refractivity contribution in [3.63, 3.8) is 0 Å². The number of hydrogen-bond acceptors (Lipinski definition) is 4. The van der Waals surface area contributed by atoms with Crippen molar-refractivity contribution in [3.8, 4) is 17.2 Å². The number of ether oxygens (including phenoxy) is 3. The second kappa shape index (κ2) is 8.82. The van der Waals surface area contributed by atoms with Crippen molar-refractivity contribution in [3.05, 3.63) is 53.6 Å². The summed E-state index contributed by atoms with van der Waals surface area (Å²) in [6.45, 7) is 2.41. The maximum absolute atomic E-state index is 12.0. The van der Waals surface area contributed by atoms with Gasteiger partial charge in [-0.2, -0.15) is 0 Å². The topological polar surface area (TPSA) is 56.8 Å². The van der Waals surface area contributed by atoms with Crippen LogP contribution >= 0.6 is 0 Å². The van der Waals surface area contributed by atoms with E-state index >= 15 is 0 Å². The van der Waals surface area contributed by atoms with Crippen molar-refractivity contribution in [1.29, 1.82) is 0 Å². The Bertz CT molecular complexity index is 668. The van der Waals surface area contributed by atoms with Gasteiger partial charge in [0, 0.05) is 12.1 Å². The van der Waals surface area contributed by atoms with Crippen LogP contribution in [0.1, 0.15) is 18.1 Å². The SMILES string of the molecule is CCc1ccc(OCC(=O)NCc2cccc(OC)c2OC)cc1. The van der Waals surface area contributed by atoms with Crippen LogP contribution in [0.25, 0.3) is 0 Å². The summed E-state index contributed by atoms with van der Waals surface area (Å²) in [5, 5.41) is 2.82. The average Bonchev–Trinajstić information content (AvgIpc) is 2.64. The lowest BCUT2D eigenvalue weighted by atomic mass is 10.2. The van der Waals surface area contributed by atoms with Crippen LogP contribution in [-0.2, 0) is 17.8 Å². The Morgan fingerprint density at radius 3 is 2.42 bits per heavy atom. The van der Waals surface area contributed by atoms with Crippen molar-refractivity contribution in [2.24, 2.45) is 0 Å². The fraction of sp³-hybridized carbons (Fsp3) is 0.316. The van der Waals surface area contributed by atoms with E-state index in [1.165, 1.54) is 5.56 Å². The first-order valence-electron chi connectivity index (χ1n) is 7.86. The van der Waals surface area contributed by atoms with Gasteiger partial charge in [0.1, 0.15) is 5.75 Å². The highest BCUT2D eigenvalue weighted by Crippen LogP contribution is 2.30. The molecule has 5 heteroatoms. The van der Waals surface area contributed by atoms with E-state index in [9.17, 15) is 4.79 Å². The van der Waals surface area contributed by atoms with Crippen molar-refractivity contribution in [1.82, 2.24) is 5.32 Å². The van der Waals surface area contributed by atoms with Crippen molar-refractivity contribution < 1.29 is 19.0 Å². The first-order chi connectivity index (χ1) is 11.7. The van der Waals surface area contributed by atoms with E-state index in [-0.39, 0.29) is 12.5 Å². The molecule has 0 aliphatic rings. The monoisotopic (exact) mass is 329 g/mol. The third-order valence-corrected chi connectivity index (χ3v) is 3.66. The summed E-state index contributed by atoms with van der Waals surface area (Å²) in [6.07, 6.45) is 0.975. The number of carbonyl (C=O) groups is 1. The van der Waals surface area contributed by atoms with E-state index in [1.54, 1.807) is 14.2 Å². The van der Waals surface area contributed by atoms with Crippen LogP contribution in [0.15, 0.2) is 42.5 Å². The van der Waals surface area contributed by atoms with E-state index in [0.717, 1.165) is 12.0 Å². The number of nitrogens with one attached hydrogen (secondary N) is 1. The standard InChI is InChI=1S/C19H23NO4/c1-4-14-8-10-16(11-9-14)24-13-18(21)20-12-15-6-5-7-17(22-2)19(15)23-3/h5-11H,4,12-13H2,1-3H3,(H,20,21). The van der Waals surface area contributed by atoms with Gasteiger partial charge in [-0.1, -0.05) is 31.2 Å². The maximum Gasteiger partial charge on any atom is 0.258 e. The molecule has 0 aliphatic heterocycles. The lowest BCUT2D eigenvalue weighted by Gasteiger charge is -2.13. The molecular weight excluding hydrogens is 306 g/mol. The second-order valence-corrected chi connectivity index (χ2v) is 5.22. The molecule has 2 aromatic rings. The molecule has 5 nitrogen and oxygen atoms in total. The zero-order chi connectivity index (χ0) is 17.4. The van der Waals surface area contributed by atoms with Gasteiger partial charge >= 0.3 is 0 Å². The Morgan fingerprint density at radius 1 is 1.04 bits per heavy atom. The van der Waals surface area contributed by atoms with Crippen LogP contribution in [0, 0.1) is 0 Å². The molecule has 24 heavy (non-hydrogen) atoms. The number of aryl methyl sites for hydroxylation is 1. The third-order valence-electron chi connectivity index (χ3n) is 3.66. The van der Waals surface area contributed by atoms with Crippen molar-refractivity contribution >= 4 is 5.91 Å². The molecule has 1 N–H and O–H groups in total. The number of carbonyl (C=O) groups excluding carboxylic acids is 1. The molecule has 0 heterocycles. The first-order valence-corrected chi connectivity index (χ1v) is 7.86. The van der Waals surface area contributed by atoms with Gasteiger partial charge in [-0.05, 0) is 30.2 Å². The largest absolute Gasteiger partial charge is 0.493 e. The van der Waals surface area contributed by atoms with E-state index in [0.29, 0.717) is 23.8 Å². The van der Waals surface area contributed by atoms with Crippen molar-refractivity contribution in [2.75, 3.05) is 20.8 Å².